The molecule has 0 aromatic heterocycles. The van der Waals surface area contributed by atoms with E-state index in [0.717, 1.165) is 0 Å². The summed E-state index contributed by atoms with van der Waals surface area (Å²) in [5.41, 5.74) is 4.62. The van der Waals surface area contributed by atoms with Gasteiger partial charge < -0.3 is 10.6 Å². The zero-order chi connectivity index (χ0) is 31.5. The molecule has 40 heavy (non-hydrogen) atoms. The van der Waals surface area contributed by atoms with Gasteiger partial charge in [-0.1, -0.05) is 155 Å². The van der Waals surface area contributed by atoms with Crippen molar-refractivity contribution in [2.75, 3.05) is 0 Å². The zero-order valence-corrected chi connectivity index (χ0v) is 29.8. The molecule has 0 saturated heterocycles. The lowest BCUT2D eigenvalue weighted by Crippen LogP contribution is -2.48. The third kappa shape index (κ3) is 10.6. The van der Waals surface area contributed by atoms with Crippen molar-refractivity contribution in [3.05, 3.63) is 47.7 Å². The van der Waals surface area contributed by atoms with E-state index in [2.05, 4.69) is 177 Å². The molecule has 4 unspecified atom stereocenters. The van der Waals surface area contributed by atoms with Crippen LogP contribution in [0.4, 0.5) is 0 Å². The van der Waals surface area contributed by atoms with Crippen molar-refractivity contribution in [3.63, 3.8) is 0 Å². The molecule has 3 nitrogen and oxygen atoms in total. The maximum atomic E-state index is 4.52. The lowest BCUT2D eigenvalue weighted by atomic mass is 9.70. The van der Waals surface area contributed by atoms with Crippen molar-refractivity contribution in [2.45, 2.75) is 154 Å². The molecule has 2 heterocycles. The quantitative estimate of drug-likeness (QED) is 0.335. The van der Waals surface area contributed by atoms with Crippen molar-refractivity contribution < 1.29 is 0 Å². The van der Waals surface area contributed by atoms with Crippen LogP contribution in [0.2, 0.25) is 0 Å². The van der Waals surface area contributed by atoms with Crippen LogP contribution in [0.1, 0.15) is 136 Å². The molecule has 2 aliphatic heterocycles. The van der Waals surface area contributed by atoms with E-state index in [1.165, 1.54) is 11.1 Å². The minimum Gasteiger partial charge on any atom is -0.387 e. The molecule has 1 aromatic rings. The first-order valence-corrected chi connectivity index (χ1v) is 15.5. The van der Waals surface area contributed by atoms with E-state index in [1.807, 2.05) is 6.34 Å². The van der Waals surface area contributed by atoms with Gasteiger partial charge in [0.2, 0.25) is 0 Å². The molecule has 0 fully saturated rings. The predicted molar refractivity (Wildman–Crippen MR) is 180 cm³/mol. The van der Waals surface area contributed by atoms with Crippen LogP contribution >= 0.6 is 0 Å². The number of nitrogens with one attached hydrogen (secondary N) is 2. The van der Waals surface area contributed by atoms with Crippen LogP contribution in [-0.4, -0.2) is 24.5 Å². The second kappa shape index (κ2) is 12.6. The number of hydrogen-bond acceptors (Lipinski definition) is 3. The van der Waals surface area contributed by atoms with E-state index in [-0.39, 0.29) is 21.7 Å². The van der Waals surface area contributed by atoms with Gasteiger partial charge in [0, 0.05) is 12.0 Å². The molecule has 3 heteroatoms. The average Bonchev–Trinajstić information content (AvgIpc) is 3.42. The summed E-state index contributed by atoms with van der Waals surface area (Å²) in [6.07, 6.45) is 6.30. The van der Waals surface area contributed by atoms with Crippen LogP contribution < -0.4 is 10.6 Å². The molecule has 0 spiro atoms. The number of rotatable bonds is 0. The van der Waals surface area contributed by atoms with E-state index < -0.39 is 0 Å². The van der Waals surface area contributed by atoms with Crippen LogP contribution in [0, 0.1) is 27.6 Å². The molecule has 0 amide bonds. The van der Waals surface area contributed by atoms with Crippen LogP contribution in [0.25, 0.3) is 0 Å². The Morgan fingerprint density at radius 1 is 0.525 bits per heavy atom. The highest BCUT2D eigenvalue weighted by molar-refractivity contribution is 5.59. The third-order valence-corrected chi connectivity index (χ3v) is 8.04. The minimum absolute atomic E-state index is 0.240. The van der Waals surface area contributed by atoms with Gasteiger partial charge in [0.05, 0.1) is 18.4 Å². The van der Waals surface area contributed by atoms with Gasteiger partial charge in [-0.15, -0.1) is 0 Å². The molecule has 2 N–H and O–H groups in total. The molecule has 0 bridgehead atoms. The maximum Gasteiger partial charge on any atom is 0.0831 e. The Kier molecular flexibility index (Phi) is 11.4. The molecule has 0 radical (unpaired) electrons. The molecule has 1 aromatic carbocycles. The van der Waals surface area contributed by atoms with Crippen molar-refractivity contribution in [1.82, 2.24) is 10.6 Å². The Hall–Kier alpha value is -1.77. The summed E-state index contributed by atoms with van der Waals surface area (Å²) in [7, 11) is 0. The SMILES string of the molecule is CC(C)(C)C1C=CNC1C(C)(C)C.CC(C)(C)C1N=CNC1C(C)(C)C.CC(C)(C)c1ccccc1C(C)(C)C. The highest BCUT2D eigenvalue weighted by Gasteiger charge is 2.41. The fraction of sp³-hybridized carbons (Fsp3) is 0.757. The van der Waals surface area contributed by atoms with Crippen molar-refractivity contribution in [1.29, 1.82) is 0 Å². The van der Waals surface area contributed by atoms with Gasteiger partial charge in [0.1, 0.15) is 0 Å². The standard InChI is InChI=1S/C14H22.C12H23N.C11H22N2/c1-13(2,3)11-9-7-8-10-12(11)14(4,5)6;1-11(2,3)9-7-8-13-10(9)12(4,5)6;1-10(2,3)8-9(11(4,5)6)13-7-12-8/h7-10H,1-6H3;7-10,13H,1-6H3;7-9H,1-6H3,(H,12,13). The maximum absolute atomic E-state index is 4.52. The van der Waals surface area contributed by atoms with E-state index in [9.17, 15) is 0 Å². The van der Waals surface area contributed by atoms with Gasteiger partial charge in [-0.3, -0.25) is 4.99 Å². The number of hydrogen-bond donors (Lipinski definition) is 2. The summed E-state index contributed by atoms with van der Waals surface area (Å²) < 4.78 is 0. The van der Waals surface area contributed by atoms with Crippen LogP contribution in [0.3, 0.4) is 0 Å². The summed E-state index contributed by atoms with van der Waals surface area (Å²) in [6.45, 7) is 41.0. The molecular weight excluding hydrogens is 486 g/mol. The van der Waals surface area contributed by atoms with Gasteiger partial charge in [-0.25, -0.2) is 0 Å². The zero-order valence-electron chi connectivity index (χ0n) is 29.8. The summed E-state index contributed by atoms with van der Waals surface area (Å²) >= 11 is 0. The summed E-state index contributed by atoms with van der Waals surface area (Å²) in [4.78, 5) is 4.52. The van der Waals surface area contributed by atoms with E-state index in [4.69, 9.17) is 0 Å². The Balaban J connectivity index is 0.000000300. The first kappa shape index (κ1) is 36.3. The van der Waals surface area contributed by atoms with Crippen molar-refractivity contribution >= 4 is 6.34 Å². The Morgan fingerprint density at radius 2 is 0.950 bits per heavy atom. The molecule has 0 aliphatic carbocycles. The van der Waals surface area contributed by atoms with Crippen molar-refractivity contribution in [2.24, 2.45) is 32.6 Å². The molecule has 0 saturated carbocycles. The highest BCUT2D eigenvalue weighted by atomic mass is 15.1. The molecule has 4 atom stereocenters. The van der Waals surface area contributed by atoms with E-state index in [0.29, 0.717) is 34.9 Å². The number of aliphatic imine (C=N–C) groups is 1. The topological polar surface area (TPSA) is 36.4 Å². The van der Waals surface area contributed by atoms with Crippen LogP contribution in [-0.2, 0) is 10.8 Å². The lowest BCUT2D eigenvalue weighted by molar-refractivity contribution is 0.162. The smallest absolute Gasteiger partial charge is 0.0831 e. The molecule has 2 aliphatic rings. The second-order valence-corrected chi connectivity index (χ2v) is 18.4. The average molecular weight is 554 g/mol. The number of nitrogens with zero attached hydrogens (tertiary/aromatic N) is 1. The van der Waals surface area contributed by atoms with Gasteiger partial charge >= 0.3 is 0 Å². The van der Waals surface area contributed by atoms with Gasteiger partial charge in [0.25, 0.3) is 0 Å². The largest absolute Gasteiger partial charge is 0.387 e. The van der Waals surface area contributed by atoms with Crippen molar-refractivity contribution in [3.8, 4) is 0 Å². The first-order valence-electron chi connectivity index (χ1n) is 15.5. The normalized spacial score (nSPS) is 23.4. The fourth-order valence-corrected chi connectivity index (χ4v) is 5.67. The minimum atomic E-state index is 0.240. The van der Waals surface area contributed by atoms with Crippen LogP contribution in [0.5, 0.6) is 0 Å². The third-order valence-electron chi connectivity index (χ3n) is 8.04. The lowest BCUT2D eigenvalue weighted by Gasteiger charge is -2.39. The second-order valence-electron chi connectivity index (χ2n) is 18.4. The Morgan fingerprint density at radius 3 is 1.23 bits per heavy atom. The summed E-state index contributed by atoms with van der Waals surface area (Å²) in [5.74, 6) is 0.646. The Bertz CT molecular complexity index is 892. The van der Waals surface area contributed by atoms with Crippen LogP contribution in [0.15, 0.2) is 41.5 Å². The fourth-order valence-electron chi connectivity index (χ4n) is 5.67. The highest BCUT2D eigenvalue weighted by Crippen LogP contribution is 2.39. The molecule has 230 valence electrons. The molecule has 3 rings (SSSR count). The summed E-state index contributed by atoms with van der Waals surface area (Å²) in [6, 6.07) is 10.2. The van der Waals surface area contributed by atoms with Gasteiger partial charge in [0.15, 0.2) is 0 Å². The van der Waals surface area contributed by atoms with E-state index in [1.54, 1.807) is 0 Å². The Labute approximate surface area is 250 Å². The first-order chi connectivity index (χ1) is 17.7. The monoisotopic (exact) mass is 554 g/mol. The predicted octanol–water partition coefficient (Wildman–Crippen LogP) is 9.91. The van der Waals surface area contributed by atoms with E-state index >= 15 is 0 Å². The summed E-state index contributed by atoms with van der Waals surface area (Å²) in [5, 5.41) is 6.83. The molecular formula is C37H67N3. The number of benzene rings is 1. The van der Waals surface area contributed by atoms with Gasteiger partial charge in [-0.2, -0.15) is 0 Å². The van der Waals surface area contributed by atoms with Gasteiger partial charge in [-0.05, 0) is 49.8 Å².